The van der Waals surface area contributed by atoms with Gasteiger partial charge in [0.1, 0.15) is 6.07 Å². The Bertz CT molecular complexity index is 2480. The van der Waals surface area contributed by atoms with Crippen molar-refractivity contribution in [3.63, 3.8) is 0 Å². The summed E-state index contributed by atoms with van der Waals surface area (Å²) >= 11 is 0. The Hall–Kier alpha value is -6.10. The topological polar surface area (TPSA) is 57.4 Å². The highest BCUT2D eigenvalue weighted by Gasteiger charge is 2.19. The van der Waals surface area contributed by atoms with E-state index in [-0.39, 0.29) is 0 Å². The summed E-state index contributed by atoms with van der Waals surface area (Å²) in [6, 6.07) is 48.8. The van der Waals surface area contributed by atoms with E-state index in [9.17, 15) is 10.5 Å². The van der Waals surface area contributed by atoms with Gasteiger partial charge in [-0.25, -0.2) is 0 Å². The molecule has 8 aromatic rings. The summed E-state index contributed by atoms with van der Waals surface area (Å²) < 4.78 is 4.48. The third-order valence-electron chi connectivity index (χ3n) is 8.59. The summed E-state index contributed by atoms with van der Waals surface area (Å²) in [4.78, 5) is 0. The molecule has 43 heavy (non-hydrogen) atoms. The maximum atomic E-state index is 10.0. The highest BCUT2D eigenvalue weighted by molar-refractivity contribution is 6.12. The fourth-order valence-electron chi connectivity index (χ4n) is 6.60. The van der Waals surface area contributed by atoms with Crippen LogP contribution in [0.25, 0.3) is 66.1 Å². The standard InChI is InChI=1S/C39H24N4/c1-25-28(23-40)15-16-29(24-41)39(25)43-36-14-8-6-12-32(36)34-21-26(18-20-37(34)43)27-17-19-33-31-11-5-7-13-35(31)42(38(33)22-27)30-9-3-2-4-10-30/h2-22H,1H3. The van der Waals surface area contributed by atoms with E-state index < -0.39 is 0 Å². The molecular formula is C39H24N4. The van der Waals surface area contributed by atoms with Gasteiger partial charge in [0.05, 0.1) is 45.0 Å². The molecule has 0 aliphatic rings. The lowest BCUT2D eigenvalue weighted by Crippen LogP contribution is -2.02. The van der Waals surface area contributed by atoms with Gasteiger partial charge in [-0.05, 0) is 78.2 Å². The van der Waals surface area contributed by atoms with Crippen molar-refractivity contribution in [2.24, 2.45) is 0 Å². The average Bonchev–Trinajstić information content (AvgIpc) is 3.57. The van der Waals surface area contributed by atoms with Crippen LogP contribution in [0.4, 0.5) is 0 Å². The van der Waals surface area contributed by atoms with E-state index in [4.69, 9.17) is 0 Å². The molecule has 200 valence electrons. The molecule has 0 radical (unpaired) electrons. The zero-order valence-corrected chi connectivity index (χ0v) is 23.4. The van der Waals surface area contributed by atoms with Gasteiger partial charge >= 0.3 is 0 Å². The molecule has 0 aliphatic carbocycles. The van der Waals surface area contributed by atoms with Gasteiger partial charge in [-0.3, -0.25) is 0 Å². The monoisotopic (exact) mass is 548 g/mol. The lowest BCUT2D eigenvalue weighted by Gasteiger charge is -2.14. The fraction of sp³-hybridized carbons (Fsp3) is 0.0256. The molecule has 0 atom stereocenters. The Morgan fingerprint density at radius 3 is 1.77 bits per heavy atom. The quantitative estimate of drug-likeness (QED) is 0.221. The second-order valence-electron chi connectivity index (χ2n) is 10.9. The zero-order valence-electron chi connectivity index (χ0n) is 23.4. The third-order valence-corrected chi connectivity index (χ3v) is 8.59. The first kappa shape index (κ1) is 24.7. The first-order valence-corrected chi connectivity index (χ1v) is 14.2. The molecule has 0 unspecified atom stereocenters. The van der Waals surface area contributed by atoms with Crippen molar-refractivity contribution in [3.8, 4) is 34.6 Å². The van der Waals surface area contributed by atoms with Crippen LogP contribution in [0.5, 0.6) is 0 Å². The fourth-order valence-corrected chi connectivity index (χ4v) is 6.60. The Balaban J connectivity index is 1.39. The number of fused-ring (bicyclic) bond motifs is 6. The summed E-state index contributed by atoms with van der Waals surface area (Å²) in [6.45, 7) is 1.92. The number of hydrogen-bond acceptors (Lipinski definition) is 2. The molecule has 4 heteroatoms. The van der Waals surface area contributed by atoms with Crippen LogP contribution in [0.3, 0.4) is 0 Å². The van der Waals surface area contributed by atoms with Crippen LogP contribution in [0, 0.1) is 29.6 Å². The maximum absolute atomic E-state index is 10.0. The van der Waals surface area contributed by atoms with Gasteiger partial charge in [-0.1, -0.05) is 72.8 Å². The molecule has 0 fully saturated rings. The number of hydrogen-bond donors (Lipinski definition) is 0. The number of benzene rings is 6. The number of rotatable bonds is 3. The van der Waals surface area contributed by atoms with Crippen LogP contribution in [0.2, 0.25) is 0 Å². The van der Waals surface area contributed by atoms with E-state index in [1.807, 2.05) is 25.1 Å². The predicted octanol–water partition coefficient (Wildman–Crippen LogP) is 9.60. The molecule has 2 aromatic heterocycles. The van der Waals surface area contributed by atoms with E-state index in [0.717, 1.165) is 55.4 Å². The highest BCUT2D eigenvalue weighted by atomic mass is 15.0. The Kier molecular flexibility index (Phi) is 5.44. The van der Waals surface area contributed by atoms with E-state index in [2.05, 4.69) is 118 Å². The Morgan fingerprint density at radius 1 is 0.465 bits per heavy atom. The largest absolute Gasteiger partial charge is 0.309 e. The van der Waals surface area contributed by atoms with E-state index >= 15 is 0 Å². The lowest BCUT2D eigenvalue weighted by molar-refractivity contribution is 1.13. The van der Waals surface area contributed by atoms with Gasteiger partial charge in [-0.15, -0.1) is 0 Å². The first-order valence-electron chi connectivity index (χ1n) is 14.2. The maximum Gasteiger partial charge on any atom is 0.101 e. The molecule has 0 saturated heterocycles. The van der Waals surface area contributed by atoms with Gasteiger partial charge in [0.2, 0.25) is 0 Å². The average molecular weight is 549 g/mol. The van der Waals surface area contributed by atoms with Gasteiger partial charge in [0.25, 0.3) is 0 Å². The van der Waals surface area contributed by atoms with Crippen molar-refractivity contribution in [3.05, 3.63) is 144 Å². The van der Waals surface area contributed by atoms with Crippen LogP contribution in [0.1, 0.15) is 16.7 Å². The zero-order chi connectivity index (χ0) is 29.1. The van der Waals surface area contributed by atoms with Crippen LogP contribution in [-0.2, 0) is 0 Å². The van der Waals surface area contributed by atoms with Crippen molar-refractivity contribution < 1.29 is 0 Å². The molecule has 0 aliphatic heterocycles. The Labute approximate surface area is 248 Å². The van der Waals surface area contributed by atoms with Gasteiger partial charge < -0.3 is 9.13 Å². The van der Waals surface area contributed by atoms with Gasteiger partial charge in [0, 0.05) is 27.2 Å². The second kappa shape index (κ2) is 9.48. The van der Waals surface area contributed by atoms with E-state index in [1.54, 1.807) is 12.1 Å². The van der Waals surface area contributed by atoms with Crippen LogP contribution >= 0.6 is 0 Å². The van der Waals surface area contributed by atoms with Crippen LogP contribution in [-0.4, -0.2) is 9.13 Å². The van der Waals surface area contributed by atoms with Crippen LogP contribution < -0.4 is 0 Å². The minimum absolute atomic E-state index is 0.544. The van der Waals surface area contributed by atoms with Crippen molar-refractivity contribution in [2.45, 2.75) is 6.92 Å². The summed E-state index contributed by atoms with van der Waals surface area (Å²) in [6.07, 6.45) is 0. The highest BCUT2D eigenvalue weighted by Crippen LogP contribution is 2.39. The number of para-hydroxylation sites is 3. The molecular weight excluding hydrogens is 524 g/mol. The summed E-state index contributed by atoms with van der Waals surface area (Å²) in [5.41, 5.74) is 10.4. The Morgan fingerprint density at radius 2 is 1.02 bits per heavy atom. The van der Waals surface area contributed by atoms with E-state index in [0.29, 0.717) is 11.1 Å². The molecule has 2 heterocycles. The summed E-state index contributed by atoms with van der Waals surface area (Å²) in [5.74, 6) is 0. The molecule has 0 N–H and O–H groups in total. The number of nitriles is 2. The molecule has 4 nitrogen and oxygen atoms in total. The molecule has 0 saturated carbocycles. The minimum atomic E-state index is 0.544. The normalized spacial score (nSPS) is 11.3. The van der Waals surface area contributed by atoms with E-state index in [1.165, 1.54) is 16.3 Å². The van der Waals surface area contributed by atoms with Gasteiger partial charge in [0.15, 0.2) is 0 Å². The minimum Gasteiger partial charge on any atom is -0.309 e. The predicted molar refractivity (Wildman–Crippen MR) is 175 cm³/mol. The number of nitrogens with zero attached hydrogens (tertiary/aromatic N) is 4. The second-order valence-corrected chi connectivity index (χ2v) is 10.9. The van der Waals surface area contributed by atoms with Crippen molar-refractivity contribution >= 4 is 43.6 Å². The van der Waals surface area contributed by atoms with Crippen molar-refractivity contribution in [2.75, 3.05) is 0 Å². The molecule has 0 spiro atoms. The molecule has 0 amide bonds. The summed E-state index contributed by atoms with van der Waals surface area (Å²) in [5, 5.41) is 24.5. The van der Waals surface area contributed by atoms with Crippen molar-refractivity contribution in [1.29, 1.82) is 10.5 Å². The molecule has 0 bridgehead atoms. The number of aromatic nitrogens is 2. The van der Waals surface area contributed by atoms with Crippen LogP contribution in [0.15, 0.2) is 127 Å². The molecule has 8 rings (SSSR count). The molecule has 6 aromatic carbocycles. The SMILES string of the molecule is Cc1c(C#N)ccc(C#N)c1-n1c2ccccc2c2cc(-c3ccc4c5ccccc5n(-c5ccccc5)c4c3)ccc21. The smallest absolute Gasteiger partial charge is 0.101 e. The van der Waals surface area contributed by atoms with Crippen molar-refractivity contribution in [1.82, 2.24) is 9.13 Å². The lowest BCUT2D eigenvalue weighted by atomic mass is 10.0. The first-order chi connectivity index (χ1) is 21.2. The summed E-state index contributed by atoms with van der Waals surface area (Å²) in [7, 11) is 0. The van der Waals surface area contributed by atoms with Gasteiger partial charge in [-0.2, -0.15) is 10.5 Å². The third kappa shape index (κ3) is 3.61.